The molecule has 1 amide bonds. The minimum Gasteiger partial charge on any atom is -0.477 e. The zero-order valence-corrected chi connectivity index (χ0v) is 10.4. The molecule has 0 aliphatic heterocycles. The summed E-state index contributed by atoms with van der Waals surface area (Å²) in [5.74, 6) is -1.94. The zero-order valence-electron chi connectivity index (χ0n) is 10.4. The van der Waals surface area contributed by atoms with E-state index in [-0.39, 0.29) is 11.7 Å². The molecule has 20 heavy (non-hydrogen) atoms. The molecule has 1 aliphatic rings. The molecule has 1 saturated carbocycles. The fourth-order valence-corrected chi connectivity index (χ4v) is 1.98. The highest BCUT2D eigenvalue weighted by molar-refractivity contribution is 5.87. The van der Waals surface area contributed by atoms with Gasteiger partial charge in [-0.25, -0.2) is 4.79 Å². The number of aromatic carboxylic acids is 1. The Balaban J connectivity index is 2.08. The lowest BCUT2D eigenvalue weighted by atomic mass is 10.4. The summed E-state index contributed by atoms with van der Waals surface area (Å²) in [7, 11) is 0. The number of nitrogens with zero attached hydrogens (tertiary/aromatic N) is 2. The number of carboxylic acids is 1. The highest BCUT2D eigenvalue weighted by Crippen LogP contribution is 2.30. The molecule has 0 unspecified atom stereocenters. The molecule has 1 heterocycles. The average Bonchev–Trinajstić information content (AvgIpc) is 3.04. The van der Waals surface area contributed by atoms with Crippen LogP contribution in [0, 0.1) is 0 Å². The van der Waals surface area contributed by atoms with Crippen molar-refractivity contribution in [3.8, 4) is 0 Å². The lowest BCUT2D eigenvalue weighted by Crippen LogP contribution is -2.42. The topological polar surface area (TPSA) is 62.5 Å². The number of hydrogen-bond acceptors (Lipinski definition) is 2. The number of alkyl halides is 3. The minimum atomic E-state index is -4.45. The smallest absolute Gasteiger partial charge is 0.406 e. The maximum atomic E-state index is 12.4. The van der Waals surface area contributed by atoms with E-state index in [9.17, 15) is 22.8 Å². The van der Waals surface area contributed by atoms with Gasteiger partial charge in [0, 0.05) is 12.2 Å². The molecule has 0 saturated heterocycles. The van der Waals surface area contributed by atoms with Gasteiger partial charge in [-0.15, -0.1) is 0 Å². The highest BCUT2D eigenvalue weighted by Gasteiger charge is 2.40. The van der Waals surface area contributed by atoms with Gasteiger partial charge >= 0.3 is 12.1 Å². The predicted molar refractivity (Wildman–Crippen MR) is 62.2 cm³/mol. The molecule has 110 valence electrons. The third kappa shape index (κ3) is 3.52. The monoisotopic (exact) mass is 290 g/mol. The fraction of sp³-hybridized carbons (Fsp3) is 0.500. The van der Waals surface area contributed by atoms with Crippen LogP contribution >= 0.6 is 0 Å². The number of rotatable bonds is 5. The van der Waals surface area contributed by atoms with Crippen LogP contribution in [0.25, 0.3) is 0 Å². The van der Waals surface area contributed by atoms with Gasteiger partial charge in [-0.05, 0) is 25.0 Å². The Bertz CT molecular complexity index is 520. The van der Waals surface area contributed by atoms with Crippen molar-refractivity contribution in [1.82, 2.24) is 9.47 Å². The van der Waals surface area contributed by atoms with E-state index in [1.165, 1.54) is 18.3 Å². The van der Waals surface area contributed by atoms with Gasteiger partial charge in [-0.2, -0.15) is 13.2 Å². The van der Waals surface area contributed by atoms with Gasteiger partial charge in [-0.1, -0.05) is 0 Å². The van der Waals surface area contributed by atoms with Gasteiger partial charge in [0.15, 0.2) is 0 Å². The molecular formula is C12H13F3N2O3. The molecule has 2 rings (SSSR count). The Kier molecular flexibility index (Phi) is 3.74. The van der Waals surface area contributed by atoms with Crippen LogP contribution in [-0.2, 0) is 11.3 Å². The summed E-state index contributed by atoms with van der Waals surface area (Å²) >= 11 is 0. The molecule has 1 aliphatic carbocycles. The van der Waals surface area contributed by atoms with Gasteiger partial charge in [0.25, 0.3) is 0 Å². The quantitative estimate of drug-likeness (QED) is 0.898. The fourth-order valence-electron chi connectivity index (χ4n) is 1.98. The number of amides is 1. The van der Waals surface area contributed by atoms with Crippen molar-refractivity contribution in [3.63, 3.8) is 0 Å². The molecule has 5 nitrogen and oxygen atoms in total. The van der Waals surface area contributed by atoms with E-state index in [2.05, 4.69) is 0 Å². The summed E-state index contributed by atoms with van der Waals surface area (Å²) in [5.41, 5.74) is -0.124. The van der Waals surface area contributed by atoms with Crippen LogP contribution in [0.2, 0.25) is 0 Å². The number of aromatic nitrogens is 1. The molecule has 1 aromatic rings. The van der Waals surface area contributed by atoms with Crippen LogP contribution in [0.3, 0.4) is 0 Å². The maximum Gasteiger partial charge on any atom is 0.406 e. The van der Waals surface area contributed by atoms with Crippen LogP contribution in [0.1, 0.15) is 23.3 Å². The second-order valence-electron chi connectivity index (χ2n) is 4.69. The number of carbonyl (C=O) groups excluding carboxylic acids is 1. The maximum absolute atomic E-state index is 12.4. The lowest BCUT2D eigenvalue weighted by molar-refractivity contribution is -0.162. The third-order valence-electron chi connectivity index (χ3n) is 3.01. The molecule has 1 N–H and O–H groups in total. The van der Waals surface area contributed by atoms with E-state index in [0.717, 1.165) is 9.47 Å². The summed E-state index contributed by atoms with van der Waals surface area (Å²) in [5, 5.41) is 8.89. The van der Waals surface area contributed by atoms with E-state index in [1.54, 1.807) is 0 Å². The van der Waals surface area contributed by atoms with Crippen LogP contribution in [0.4, 0.5) is 13.2 Å². The first-order chi connectivity index (χ1) is 9.28. The van der Waals surface area contributed by atoms with E-state index in [4.69, 9.17) is 5.11 Å². The summed E-state index contributed by atoms with van der Waals surface area (Å²) < 4.78 is 38.5. The van der Waals surface area contributed by atoms with Gasteiger partial charge in [0.05, 0.1) is 0 Å². The van der Waals surface area contributed by atoms with Crippen LogP contribution < -0.4 is 0 Å². The van der Waals surface area contributed by atoms with Crippen molar-refractivity contribution >= 4 is 11.9 Å². The molecule has 8 heteroatoms. The molecule has 0 bridgehead atoms. The molecule has 0 radical (unpaired) electrons. The van der Waals surface area contributed by atoms with Crippen LogP contribution in [0.5, 0.6) is 0 Å². The number of carbonyl (C=O) groups is 2. The van der Waals surface area contributed by atoms with Gasteiger partial charge < -0.3 is 14.6 Å². The van der Waals surface area contributed by atoms with Gasteiger partial charge in [-0.3, -0.25) is 4.79 Å². The Morgan fingerprint density at radius 3 is 2.55 bits per heavy atom. The van der Waals surface area contributed by atoms with E-state index >= 15 is 0 Å². The second-order valence-corrected chi connectivity index (χ2v) is 4.69. The van der Waals surface area contributed by atoms with Crippen molar-refractivity contribution in [1.29, 1.82) is 0 Å². The van der Waals surface area contributed by atoms with Crippen LogP contribution in [0.15, 0.2) is 18.3 Å². The van der Waals surface area contributed by atoms with Crippen LogP contribution in [-0.4, -0.2) is 45.2 Å². The summed E-state index contributed by atoms with van der Waals surface area (Å²) in [6.07, 6.45) is -1.98. The lowest BCUT2D eigenvalue weighted by Gasteiger charge is -2.24. The van der Waals surface area contributed by atoms with Gasteiger partial charge in [0.2, 0.25) is 5.91 Å². The Hall–Kier alpha value is -1.99. The van der Waals surface area contributed by atoms with Crippen molar-refractivity contribution in [2.75, 3.05) is 6.54 Å². The molecule has 0 aromatic carbocycles. The Labute approximate surface area is 112 Å². The summed E-state index contributed by atoms with van der Waals surface area (Å²) in [6.45, 7) is -1.69. The van der Waals surface area contributed by atoms with Gasteiger partial charge in [0.1, 0.15) is 18.8 Å². The van der Waals surface area contributed by atoms with E-state index in [1.807, 2.05) is 0 Å². The second kappa shape index (κ2) is 5.18. The Morgan fingerprint density at radius 1 is 1.40 bits per heavy atom. The normalized spacial score (nSPS) is 15.2. The van der Waals surface area contributed by atoms with Crippen molar-refractivity contribution in [2.24, 2.45) is 0 Å². The van der Waals surface area contributed by atoms with Crippen molar-refractivity contribution < 1.29 is 27.9 Å². The summed E-state index contributed by atoms with van der Waals surface area (Å²) in [4.78, 5) is 23.6. The van der Waals surface area contributed by atoms with E-state index in [0.29, 0.717) is 12.8 Å². The zero-order chi connectivity index (χ0) is 14.9. The largest absolute Gasteiger partial charge is 0.477 e. The summed E-state index contributed by atoms with van der Waals surface area (Å²) in [6, 6.07) is 2.34. The number of hydrogen-bond donors (Lipinski definition) is 1. The molecule has 1 aromatic heterocycles. The first-order valence-corrected chi connectivity index (χ1v) is 6.02. The van der Waals surface area contributed by atoms with E-state index < -0.39 is 31.1 Å². The van der Waals surface area contributed by atoms with Crippen molar-refractivity contribution in [3.05, 3.63) is 24.0 Å². The molecule has 0 spiro atoms. The standard InChI is InChI=1S/C12H13F3N2O3/c13-12(14,15)7-17(8-3-4-8)10(18)6-16-5-1-2-9(16)11(19)20/h1-2,5,8H,3-4,6-7H2,(H,19,20). The highest BCUT2D eigenvalue weighted by atomic mass is 19.4. The number of carboxylic acid groups (broad SMARTS) is 1. The Morgan fingerprint density at radius 2 is 2.05 bits per heavy atom. The molecule has 0 atom stereocenters. The molecular weight excluding hydrogens is 277 g/mol. The third-order valence-corrected chi connectivity index (χ3v) is 3.01. The average molecular weight is 290 g/mol. The predicted octanol–water partition coefficient (Wildman–Crippen LogP) is 1.74. The first kappa shape index (κ1) is 14.4. The SMILES string of the molecule is O=C(O)c1cccn1CC(=O)N(CC(F)(F)F)C1CC1. The number of halogens is 3. The minimum absolute atomic E-state index is 0.124. The molecule has 1 fully saturated rings. The van der Waals surface area contributed by atoms with Crippen molar-refractivity contribution in [2.45, 2.75) is 31.6 Å². The first-order valence-electron chi connectivity index (χ1n) is 6.02.